The number of aromatic nitrogens is 4. The highest BCUT2D eigenvalue weighted by Crippen LogP contribution is 2.24. The number of methoxy groups -OCH3 is 1. The van der Waals surface area contributed by atoms with Crippen LogP contribution in [0.2, 0.25) is 0 Å². The van der Waals surface area contributed by atoms with Crippen molar-refractivity contribution in [2.45, 2.75) is 18.4 Å². The van der Waals surface area contributed by atoms with E-state index in [9.17, 15) is 12.8 Å². The van der Waals surface area contributed by atoms with Crippen LogP contribution >= 0.6 is 0 Å². The summed E-state index contributed by atoms with van der Waals surface area (Å²) < 4.78 is 47.8. The molecule has 1 aliphatic rings. The van der Waals surface area contributed by atoms with Crippen molar-refractivity contribution in [1.82, 2.24) is 29.4 Å². The van der Waals surface area contributed by atoms with Crippen LogP contribution in [-0.2, 0) is 16.6 Å². The van der Waals surface area contributed by atoms with Crippen LogP contribution in [-0.4, -0.2) is 71.1 Å². The molecule has 3 aromatic rings. The summed E-state index contributed by atoms with van der Waals surface area (Å²) >= 11 is 0. The van der Waals surface area contributed by atoms with Gasteiger partial charge in [-0.1, -0.05) is 6.07 Å². The van der Waals surface area contributed by atoms with Crippen molar-refractivity contribution in [2.75, 3.05) is 33.3 Å². The van der Waals surface area contributed by atoms with Crippen LogP contribution < -0.4 is 4.74 Å². The van der Waals surface area contributed by atoms with Crippen molar-refractivity contribution in [3.63, 3.8) is 0 Å². The first kappa shape index (κ1) is 21.3. The molecule has 0 aliphatic carbocycles. The van der Waals surface area contributed by atoms with Gasteiger partial charge in [0, 0.05) is 26.2 Å². The van der Waals surface area contributed by atoms with E-state index in [4.69, 9.17) is 4.74 Å². The van der Waals surface area contributed by atoms with E-state index in [0.29, 0.717) is 50.0 Å². The molecule has 1 saturated heterocycles. The Morgan fingerprint density at radius 3 is 2.55 bits per heavy atom. The fraction of sp³-hybridized carbons (Fsp3) is 0.350. The zero-order valence-corrected chi connectivity index (χ0v) is 18.1. The van der Waals surface area contributed by atoms with Crippen molar-refractivity contribution in [3.05, 3.63) is 59.7 Å². The van der Waals surface area contributed by atoms with E-state index < -0.39 is 10.0 Å². The van der Waals surface area contributed by atoms with Gasteiger partial charge in [-0.2, -0.15) is 8.99 Å². The molecule has 1 fully saturated rings. The standard InChI is InChI=1S/C20H23FN6O3S/c1-15-12-18(6-7-19(15)30-2)31(28,29)26-10-8-25(9-11-26)14-20-22-23-24-27(20)17-5-3-4-16(21)13-17/h3-7,12-13H,8-11,14H2,1-2H3. The zero-order valence-electron chi connectivity index (χ0n) is 17.3. The minimum atomic E-state index is -3.59. The molecule has 0 N–H and O–H groups in total. The number of piperazine rings is 1. The Hall–Kier alpha value is -2.89. The average Bonchev–Trinajstić information content (AvgIpc) is 3.22. The van der Waals surface area contributed by atoms with Crippen molar-refractivity contribution >= 4 is 10.0 Å². The van der Waals surface area contributed by atoms with Gasteiger partial charge in [0.05, 0.1) is 24.2 Å². The van der Waals surface area contributed by atoms with E-state index in [1.807, 2.05) is 6.92 Å². The molecule has 1 aromatic heterocycles. The van der Waals surface area contributed by atoms with Crippen molar-refractivity contribution in [1.29, 1.82) is 0 Å². The van der Waals surface area contributed by atoms with Gasteiger partial charge in [0.1, 0.15) is 11.6 Å². The van der Waals surface area contributed by atoms with Crippen molar-refractivity contribution in [3.8, 4) is 11.4 Å². The van der Waals surface area contributed by atoms with Gasteiger partial charge in [0.25, 0.3) is 0 Å². The highest BCUT2D eigenvalue weighted by molar-refractivity contribution is 7.89. The quantitative estimate of drug-likeness (QED) is 0.568. The lowest BCUT2D eigenvalue weighted by atomic mass is 10.2. The normalized spacial score (nSPS) is 15.8. The van der Waals surface area contributed by atoms with Crippen molar-refractivity contribution in [2.24, 2.45) is 0 Å². The number of rotatable bonds is 6. The molecule has 0 bridgehead atoms. The van der Waals surface area contributed by atoms with Crippen LogP contribution in [0.4, 0.5) is 4.39 Å². The first-order valence-corrected chi connectivity index (χ1v) is 11.2. The highest BCUT2D eigenvalue weighted by atomic mass is 32.2. The summed E-state index contributed by atoms with van der Waals surface area (Å²) in [6.07, 6.45) is 0. The molecule has 9 nitrogen and oxygen atoms in total. The van der Waals surface area contributed by atoms with Crippen LogP contribution in [0.3, 0.4) is 0 Å². The molecule has 0 unspecified atom stereocenters. The Morgan fingerprint density at radius 1 is 1.10 bits per heavy atom. The summed E-state index contributed by atoms with van der Waals surface area (Å²) in [5.41, 5.74) is 1.31. The van der Waals surface area contributed by atoms with Crippen LogP contribution in [0.15, 0.2) is 47.4 Å². The van der Waals surface area contributed by atoms with E-state index >= 15 is 0 Å². The predicted octanol–water partition coefficient (Wildman–Crippen LogP) is 1.62. The molecule has 31 heavy (non-hydrogen) atoms. The molecule has 4 rings (SSSR count). The first-order valence-electron chi connectivity index (χ1n) is 9.79. The van der Waals surface area contributed by atoms with Gasteiger partial charge >= 0.3 is 0 Å². The molecule has 0 saturated carbocycles. The van der Waals surface area contributed by atoms with Gasteiger partial charge < -0.3 is 4.74 Å². The minimum Gasteiger partial charge on any atom is -0.496 e. The lowest BCUT2D eigenvalue weighted by Gasteiger charge is -2.33. The number of tetrazole rings is 1. The second-order valence-electron chi connectivity index (χ2n) is 7.30. The van der Waals surface area contributed by atoms with Crippen LogP contribution in [0.1, 0.15) is 11.4 Å². The predicted molar refractivity (Wildman–Crippen MR) is 111 cm³/mol. The van der Waals surface area contributed by atoms with Gasteiger partial charge in [0.15, 0.2) is 5.82 Å². The fourth-order valence-corrected chi connectivity index (χ4v) is 5.11. The number of ether oxygens (including phenoxy) is 1. The van der Waals surface area contributed by atoms with E-state index in [1.54, 1.807) is 37.4 Å². The van der Waals surface area contributed by atoms with E-state index in [1.165, 1.54) is 21.1 Å². The monoisotopic (exact) mass is 446 g/mol. The first-order chi connectivity index (χ1) is 14.9. The fourth-order valence-electron chi connectivity index (χ4n) is 3.60. The Kier molecular flexibility index (Phi) is 5.99. The molecule has 2 aromatic carbocycles. The van der Waals surface area contributed by atoms with Crippen LogP contribution in [0.5, 0.6) is 5.75 Å². The number of halogens is 1. The topological polar surface area (TPSA) is 93.5 Å². The van der Waals surface area contributed by atoms with Gasteiger partial charge in [-0.15, -0.1) is 5.10 Å². The molecular formula is C20H23FN6O3S. The molecule has 0 atom stereocenters. The Morgan fingerprint density at radius 2 is 1.87 bits per heavy atom. The Labute approximate surface area is 180 Å². The van der Waals surface area contributed by atoms with Crippen LogP contribution in [0.25, 0.3) is 5.69 Å². The second kappa shape index (κ2) is 8.69. The molecule has 0 radical (unpaired) electrons. The molecule has 0 spiro atoms. The number of aryl methyl sites for hydroxylation is 1. The number of hydrogen-bond acceptors (Lipinski definition) is 7. The largest absolute Gasteiger partial charge is 0.496 e. The summed E-state index contributed by atoms with van der Waals surface area (Å²) in [6.45, 7) is 4.02. The maximum absolute atomic E-state index is 13.5. The van der Waals surface area contributed by atoms with Gasteiger partial charge in [-0.25, -0.2) is 12.8 Å². The summed E-state index contributed by atoms with van der Waals surface area (Å²) in [6, 6.07) is 10.9. The number of sulfonamides is 1. The maximum Gasteiger partial charge on any atom is 0.243 e. The molecule has 2 heterocycles. The summed E-state index contributed by atoms with van der Waals surface area (Å²) in [5.74, 6) is 0.846. The second-order valence-corrected chi connectivity index (χ2v) is 9.24. The summed E-state index contributed by atoms with van der Waals surface area (Å²) in [7, 11) is -2.03. The third-order valence-electron chi connectivity index (χ3n) is 5.29. The lowest BCUT2D eigenvalue weighted by molar-refractivity contribution is 0.177. The van der Waals surface area contributed by atoms with Gasteiger partial charge in [0.2, 0.25) is 10.0 Å². The summed E-state index contributed by atoms with van der Waals surface area (Å²) in [5, 5.41) is 11.7. The minimum absolute atomic E-state index is 0.259. The Bertz CT molecular complexity index is 1180. The number of nitrogens with zero attached hydrogens (tertiary/aromatic N) is 6. The molecule has 1 aliphatic heterocycles. The van der Waals surface area contributed by atoms with Crippen molar-refractivity contribution < 1.29 is 17.5 Å². The Balaban J connectivity index is 1.43. The van der Waals surface area contributed by atoms with E-state index in [-0.39, 0.29) is 10.7 Å². The molecule has 0 amide bonds. The van der Waals surface area contributed by atoms with Gasteiger partial charge in [-0.3, -0.25) is 4.90 Å². The van der Waals surface area contributed by atoms with Gasteiger partial charge in [-0.05, 0) is 59.3 Å². The highest BCUT2D eigenvalue weighted by Gasteiger charge is 2.29. The smallest absolute Gasteiger partial charge is 0.243 e. The maximum atomic E-state index is 13.5. The zero-order chi connectivity index (χ0) is 22.0. The number of benzene rings is 2. The SMILES string of the molecule is COc1ccc(S(=O)(=O)N2CCN(Cc3nnnn3-c3cccc(F)c3)CC2)cc1C. The average molecular weight is 447 g/mol. The lowest BCUT2D eigenvalue weighted by Crippen LogP contribution is -2.48. The van der Waals surface area contributed by atoms with E-state index in [2.05, 4.69) is 20.4 Å². The third-order valence-corrected chi connectivity index (χ3v) is 7.18. The molecular weight excluding hydrogens is 423 g/mol. The molecule has 11 heteroatoms. The van der Waals surface area contributed by atoms with Crippen LogP contribution in [0, 0.1) is 12.7 Å². The molecule has 164 valence electrons. The summed E-state index contributed by atoms with van der Waals surface area (Å²) in [4.78, 5) is 2.33. The number of hydrogen-bond donors (Lipinski definition) is 0. The van der Waals surface area contributed by atoms with E-state index in [0.717, 1.165) is 5.56 Å². The third kappa shape index (κ3) is 4.43.